The molecule has 0 bridgehead atoms. The standard InChI is InChI=1S/C11H17BrN2O2/c1-3-5-16-6-4-14-7-9(13)8(2)10(12)11(14)15/h7H,3-6,13H2,1-2H3. The molecule has 0 radical (unpaired) electrons. The third-order valence-corrected chi connectivity index (χ3v) is 3.26. The molecule has 0 unspecified atom stereocenters. The lowest BCUT2D eigenvalue weighted by Crippen LogP contribution is -2.24. The summed E-state index contributed by atoms with van der Waals surface area (Å²) in [4.78, 5) is 11.8. The average molecular weight is 289 g/mol. The Hall–Kier alpha value is -0.810. The van der Waals surface area contributed by atoms with Gasteiger partial charge in [0.05, 0.1) is 16.8 Å². The van der Waals surface area contributed by atoms with E-state index in [2.05, 4.69) is 15.9 Å². The summed E-state index contributed by atoms with van der Waals surface area (Å²) in [5.74, 6) is 0. The fourth-order valence-corrected chi connectivity index (χ4v) is 1.77. The Morgan fingerprint density at radius 1 is 1.50 bits per heavy atom. The zero-order valence-corrected chi connectivity index (χ0v) is 11.2. The number of halogens is 1. The number of nitrogens with zero attached hydrogens (tertiary/aromatic N) is 1. The van der Waals surface area contributed by atoms with Crippen molar-refractivity contribution in [2.45, 2.75) is 26.8 Å². The lowest BCUT2D eigenvalue weighted by atomic mass is 10.2. The molecule has 0 saturated heterocycles. The Kier molecular flexibility index (Phi) is 5.02. The molecule has 1 rings (SSSR count). The van der Waals surface area contributed by atoms with Crippen LogP contribution in [0, 0.1) is 6.92 Å². The van der Waals surface area contributed by atoms with Crippen molar-refractivity contribution in [3.63, 3.8) is 0 Å². The fraction of sp³-hybridized carbons (Fsp3) is 0.545. The third kappa shape index (κ3) is 3.09. The minimum Gasteiger partial charge on any atom is -0.397 e. The molecule has 2 N–H and O–H groups in total. The van der Waals surface area contributed by atoms with E-state index in [-0.39, 0.29) is 5.56 Å². The monoisotopic (exact) mass is 288 g/mol. The molecular weight excluding hydrogens is 272 g/mol. The lowest BCUT2D eigenvalue weighted by Gasteiger charge is -2.10. The van der Waals surface area contributed by atoms with E-state index in [0.29, 0.717) is 23.3 Å². The van der Waals surface area contributed by atoms with Crippen molar-refractivity contribution in [3.05, 3.63) is 26.6 Å². The predicted molar refractivity (Wildman–Crippen MR) is 68.7 cm³/mol. The molecule has 0 aliphatic rings. The quantitative estimate of drug-likeness (QED) is 0.843. The molecule has 5 heteroatoms. The highest BCUT2D eigenvalue weighted by molar-refractivity contribution is 9.10. The fourth-order valence-electron chi connectivity index (χ4n) is 1.31. The van der Waals surface area contributed by atoms with Gasteiger partial charge in [0.25, 0.3) is 5.56 Å². The zero-order chi connectivity index (χ0) is 12.1. The number of pyridine rings is 1. The largest absolute Gasteiger partial charge is 0.397 e. The van der Waals surface area contributed by atoms with Gasteiger partial charge in [-0.05, 0) is 34.8 Å². The van der Waals surface area contributed by atoms with Crippen LogP contribution in [-0.4, -0.2) is 17.8 Å². The molecule has 0 amide bonds. The van der Waals surface area contributed by atoms with Gasteiger partial charge < -0.3 is 15.0 Å². The second-order valence-corrected chi connectivity index (χ2v) is 4.43. The molecule has 0 aliphatic carbocycles. The Morgan fingerprint density at radius 2 is 2.19 bits per heavy atom. The van der Waals surface area contributed by atoms with E-state index in [1.165, 1.54) is 0 Å². The van der Waals surface area contributed by atoms with Crippen molar-refractivity contribution in [1.82, 2.24) is 4.57 Å². The van der Waals surface area contributed by atoms with Gasteiger partial charge in [-0.25, -0.2) is 0 Å². The smallest absolute Gasteiger partial charge is 0.265 e. The number of anilines is 1. The maximum atomic E-state index is 11.8. The van der Waals surface area contributed by atoms with Crippen LogP contribution in [0.25, 0.3) is 0 Å². The minimum absolute atomic E-state index is 0.0631. The first-order chi connectivity index (χ1) is 7.57. The van der Waals surface area contributed by atoms with Gasteiger partial charge in [-0.1, -0.05) is 6.92 Å². The van der Waals surface area contributed by atoms with Crippen LogP contribution in [0.15, 0.2) is 15.5 Å². The predicted octanol–water partition coefficient (Wildman–Crippen LogP) is 1.93. The maximum Gasteiger partial charge on any atom is 0.265 e. The molecule has 0 spiro atoms. The van der Waals surface area contributed by atoms with Crippen LogP contribution >= 0.6 is 15.9 Å². The summed E-state index contributed by atoms with van der Waals surface area (Å²) in [6, 6.07) is 0. The number of aromatic nitrogens is 1. The number of hydrogen-bond donors (Lipinski definition) is 1. The number of rotatable bonds is 5. The molecule has 0 saturated carbocycles. The summed E-state index contributed by atoms with van der Waals surface area (Å²) in [7, 11) is 0. The van der Waals surface area contributed by atoms with E-state index in [1.807, 2.05) is 13.8 Å². The number of ether oxygens (including phenoxy) is 1. The second-order valence-electron chi connectivity index (χ2n) is 3.63. The Morgan fingerprint density at radius 3 is 2.81 bits per heavy atom. The number of nitrogen functional groups attached to an aromatic ring is 1. The molecule has 16 heavy (non-hydrogen) atoms. The summed E-state index contributed by atoms with van der Waals surface area (Å²) in [6.45, 7) is 5.65. The zero-order valence-electron chi connectivity index (χ0n) is 9.62. The van der Waals surface area contributed by atoms with Crippen molar-refractivity contribution < 1.29 is 4.74 Å². The first-order valence-corrected chi connectivity index (χ1v) is 6.10. The van der Waals surface area contributed by atoms with E-state index < -0.39 is 0 Å². The molecule has 0 aliphatic heterocycles. The van der Waals surface area contributed by atoms with Gasteiger partial charge in [-0.2, -0.15) is 0 Å². The van der Waals surface area contributed by atoms with Crippen LogP contribution in [-0.2, 0) is 11.3 Å². The van der Waals surface area contributed by atoms with Crippen LogP contribution in [0.5, 0.6) is 0 Å². The summed E-state index contributed by atoms with van der Waals surface area (Å²) < 4.78 is 7.44. The van der Waals surface area contributed by atoms with Crippen molar-refractivity contribution in [2.75, 3.05) is 18.9 Å². The Balaban J connectivity index is 2.78. The first-order valence-electron chi connectivity index (χ1n) is 5.30. The van der Waals surface area contributed by atoms with Crippen molar-refractivity contribution >= 4 is 21.6 Å². The lowest BCUT2D eigenvalue weighted by molar-refractivity contribution is 0.126. The molecule has 90 valence electrons. The third-order valence-electron chi connectivity index (χ3n) is 2.33. The molecule has 0 aromatic carbocycles. The van der Waals surface area contributed by atoms with Gasteiger partial charge in [0.1, 0.15) is 0 Å². The van der Waals surface area contributed by atoms with Crippen LogP contribution in [0.1, 0.15) is 18.9 Å². The summed E-state index contributed by atoms with van der Waals surface area (Å²) >= 11 is 3.25. The highest BCUT2D eigenvalue weighted by Crippen LogP contribution is 2.16. The Labute approximate surface area is 104 Å². The molecular formula is C11H17BrN2O2. The average Bonchev–Trinajstić information content (AvgIpc) is 2.28. The molecule has 1 heterocycles. The van der Waals surface area contributed by atoms with Crippen LogP contribution in [0.4, 0.5) is 5.69 Å². The van der Waals surface area contributed by atoms with E-state index in [1.54, 1.807) is 10.8 Å². The normalized spacial score (nSPS) is 10.7. The molecule has 0 fully saturated rings. The van der Waals surface area contributed by atoms with Crippen molar-refractivity contribution in [3.8, 4) is 0 Å². The SMILES string of the molecule is CCCOCCn1cc(N)c(C)c(Br)c1=O. The van der Waals surface area contributed by atoms with E-state index in [9.17, 15) is 4.79 Å². The van der Waals surface area contributed by atoms with E-state index >= 15 is 0 Å². The maximum absolute atomic E-state index is 11.8. The summed E-state index contributed by atoms with van der Waals surface area (Å²) in [5, 5.41) is 0. The Bertz CT molecular complexity index is 415. The molecule has 1 aromatic heterocycles. The van der Waals surface area contributed by atoms with Crippen molar-refractivity contribution in [1.29, 1.82) is 0 Å². The van der Waals surface area contributed by atoms with Gasteiger partial charge in [0.2, 0.25) is 0 Å². The van der Waals surface area contributed by atoms with Gasteiger partial charge in [0.15, 0.2) is 0 Å². The van der Waals surface area contributed by atoms with Gasteiger partial charge >= 0.3 is 0 Å². The summed E-state index contributed by atoms with van der Waals surface area (Å²) in [6.07, 6.45) is 2.65. The van der Waals surface area contributed by atoms with Crippen LogP contribution in [0.2, 0.25) is 0 Å². The van der Waals surface area contributed by atoms with E-state index in [0.717, 1.165) is 18.6 Å². The molecule has 1 aromatic rings. The van der Waals surface area contributed by atoms with Gasteiger partial charge in [0, 0.05) is 19.3 Å². The van der Waals surface area contributed by atoms with Crippen LogP contribution < -0.4 is 11.3 Å². The highest BCUT2D eigenvalue weighted by atomic mass is 79.9. The highest BCUT2D eigenvalue weighted by Gasteiger charge is 2.07. The molecule has 0 atom stereocenters. The van der Waals surface area contributed by atoms with Gasteiger partial charge in [-0.3, -0.25) is 4.79 Å². The molecule has 4 nitrogen and oxygen atoms in total. The van der Waals surface area contributed by atoms with Crippen LogP contribution in [0.3, 0.4) is 0 Å². The first kappa shape index (κ1) is 13.3. The number of nitrogens with two attached hydrogens (primary N) is 1. The minimum atomic E-state index is -0.0631. The van der Waals surface area contributed by atoms with Crippen molar-refractivity contribution in [2.24, 2.45) is 0 Å². The second kappa shape index (κ2) is 6.06. The number of hydrogen-bond acceptors (Lipinski definition) is 3. The van der Waals surface area contributed by atoms with Gasteiger partial charge in [-0.15, -0.1) is 0 Å². The summed E-state index contributed by atoms with van der Waals surface area (Å²) in [5.41, 5.74) is 7.13. The van der Waals surface area contributed by atoms with E-state index in [4.69, 9.17) is 10.5 Å². The topological polar surface area (TPSA) is 57.2 Å².